The molecule has 1 aliphatic carbocycles. The third kappa shape index (κ3) is 4.71. The maximum atomic E-state index is 12.0. The molecule has 1 aliphatic heterocycles. The summed E-state index contributed by atoms with van der Waals surface area (Å²) in [5.74, 6) is -0.208. The summed E-state index contributed by atoms with van der Waals surface area (Å²) in [6.07, 6.45) is 7.14. The van der Waals surface area contributed by atoms with Gasteiger partial charge in [-0.3, -0.25) is 4.79 Å². The van der Waals surface area contributed by atoms with Crippen LogP contribution in [0.1, 0.15) is 38.5 Å². The molecule has 7 heteroatoms. The van der Waals surface area contributed by atoms with Crippen molar-refractivity contribution >= 4 is 15.9 Å². The van der Waals surface area contributed by atoms with Crippen molar-refractivity contribution in [2.45, 2.75) is 50.7 Å². The van der Waals surface area contributed by atoms with Crippen molar-refractivity contribution < 1.29 is 17.9 Å². The van der Waals surface area contributed by atoms with Gasteiger partial charge in [-0.05, 0) is 25.7 Å². The summed E-state index contributed by atoms with van der Waals surface area (Å²) in [4.78, 5) is 12.0. The molecule has 116 valence electrons. The Balaban J connectivity index is 1.87. The predicted octanol–water partition coefficient (Wildman–Crippen LogP) is 0.486. The molecule has 2 aliphatic rings. The van der Waals surface area contributed by atoms with Gasteiger partial charge in [0.25, 0.3) is 0 Å². The van der Waals surface area contributed by atoms with E-state index in [-0.39, 0.29) is 31.1 Å². The molecule has 1 atom stereocenters. The van der Waals surface area contributed by atoms with Crippen LogP contribution in [0.3, 0.4) is 0 Å². The van der Waals surface area contributed by atoms with E-state index in [0.29, 0.717) is 6.61 Å². The lowest BCUT2D eigenvalue weighted by Gasteiger charge is -2.23. The lowest BCUT2D eigenvalue weighted by molar-refractivity contribution is -0.122. The van der Waals surface area contributed by atoms with Gasteiger partial charge >= 0.3 is 0 Å². The van der Waals surface area contributed by atoms with Crippen LogP contribution in [0.25, 0.3) is 0 Å². The molecular weight excluding hydrogens is 280 g/mol. The number of amides is 1. The molecule has 0 aromatic carbocycles. The summed E-state index contributed by atoms with van der Waals surface area (Å²) < 4.78 is 30.2. The molecule has 2 rings (SSSR count). The van der Waals surface area contributed by atoms with Gasteiger partial charge in [-0.1, -0.05) is 12.8 Å². The molecule has 20 heavy (non-hydrogen) atoms. The maximum absolute atomic E-state index is 12.0. The van der Waals surface area contributed by atoms with E-state index in [2.05, 4.69) is 5.32 Å². The Kier molecular flexibility index (Phi) is 5.40. The highest BCUT2D eigenvalue weighted by atomic mass is 32.2. The van der Waals surface area contributed by atoms with Gasteiger partial charge in [0.1, 0.15) is 0 Å². The molecule has 1 amide bonds. The smallest absolute Gasteiger partial charge is 0.235 e. The molecule has 0 bridgehead atoms. The average Bonchev–Trinajstić information content (AvgIpc) is 2.99. The van der Waals surface area contributed by atoms with Crippen LogP contribution < -0.4 is 5.32 Å². The van der Waals surface area contributed by atoms with Crippen molar-refractivity contribution in [2.24, 2.45) is 0 Å². The average molecular weight is 304 g/mol. The van der Waals surface area contributed by atoms with Gasteiger partial charge in [0.2, 0.25) is 15.9 Å². The number of ether oxygens (including phenoxy) is 1. The van der Waals surface area contributed by atoms with E-state index in [1.165, 1.54) is 4.31 Å². The van der Waals surface area contributed by atoms with Crippen LogP contribution in [0.5, 0.6) is 0 Å². The van der Waals surface area contributed by atoms with E-state index >= 15 is 0 Å². The standard InChI is InChI=1S/C13H24N2O4S/c1-20(17,18)15(9-12-7-4-8-19-12)10-13(16)14-11-5-2-3-6-11/h11-12H,2-10H2,1H3,(H,14,16). The maximum Gasteiger partial charge on any atom is 0.235 e. The van der Waals surface area contributed by atoms with E-state index in [1.807, 2.05) is 0 Å². The fraction of sp³-hybridized carbons (Fsp3) is 0.923. The molecule has 0 aromatic rings. The molecule has 6 nitrogen and oxygen atoms in total. The molecular formula is C13H24N2O4S. The first-order chi connectivity index (χ1) is 9.45. The van der Waals surface area contributed by atoms with Crippen LogP contribution in [0.15, 0.2) is 0 Å². The van der Waals surface area contributed by atoms with Crippen LogP contribution in [0, 0.1) is 0 Å². The van der Waals surface area contributed by atoms with E-state index in [9.17, 15) is 13.2 Å². The van der Waals surface area contributed by atoms with Crippen LogP contribution in [0.4, 0.5) is 0 Å². The third-order valence-electron chi connectivity index (χ3n) is 3.94. The zero-order chi connectivity index (χ0) is 14.6. The first-order valence-corrected chi connectivity index (χ1v) is 9.16. The Hall–Kier alpha value is -0.660. The van der Waals surface area contributed by atoms with E-state index in [0.717, 1.165) is 44.8 Å². The number of carbonyl (C=O) groups excluding carboxylic acids is 1. The fourth-order valence-corrected chi connectivity index (χ4v) is 3.63. The molecule has 0 spiro atoms. The highest BCUT2D eigenvalue weighted by Crippen LogP contribution is 2.18. The number of rotatable bonds is 6. The van der Waals surface area contributed by atoms with Crippen LogP contribution in [-0.4, -0.2) is 56.7 Å². The molecule has 0 radical (unpaired) electrons. The van der Waals surface area contributed by atoms with E-state index < -0.39 is 10.0 Å². The lowest BCUT2D eigenvalue weighted by atomic mass is 10.2. The minimum atomic E-state index is -3.39. The van der Waals surface area contributed by atoms with Gasteiger partial charge in [-0.25, -0.2) is 8.42 Å². The Labute approximate surface area is 120 Å². The number of nitrogens with zero attached hydrogens (tertiary/aromatic N) is 1. The molecule has 2 fully saturated rings. The summed E-state index contributed by atoms with van der Waals surface area (Å²) in [6, 6.07) is 0.214. The van der Waals surface area contributed by atoms with Gasteiger partial charge < -0.3 is 10.1 Å². The summed E-state index contributed by atoms with van der Waals surface area (Å²) in [6.45, 7) is 0.850. The second-order valence-corrected chi connectivity index (χ2v) is 7.72. The van der Waals surface area contributed by atoms with E-state index in [1.54, 1.807) is 0 Å². The lowest BCUT2D eigenvalue weighted by Crippen LogP contribution is -2.45. The molecule has 1 unspecified atom stereocenters. The van der Waals surface area contributed by atoms with Gasteiger partial charge in [0, 0.05) is 19.2 Å². The van der Waals surface area contributed by atoms with Crippen LogP contribution in [0.2, 0.25) is 0 Å². The second-order valence-electron chi connectivity index (χ2n) is 5.74. The Morgan fingerprint density at radius 2 is 1.95 bits per heavy atom. The minimum absolute atomic E-state index is 0.0796. The Morgan fingerprint density at radius 1 is 1.25 bits per heavy atom. The summed E-state index contributed by atoms with van der Waals surface area (Å²) in [7, 11) is -3.39. The zero-order valence-electron chi connectivity index (χ0n) is 12.0. The van der Waals surface area contributed by atoms with Crippen molar-refractivity contribution in [1.29, 1.82) is 0 Å². The highest BCUT2D eigenvalue weighted by molar-refractivity contribution is 7.88. The number of carbonyl (C=O) groups is 1. The number of hydrogen-bond acceptors (Lipinski definition) is 4. The van der Waals surface area contributed by atoms with Gasteiger partial charge in [-0.2, -0.15) is 4.31 Å². The molecule has 1 N–H and O–H groups in total. The van der Waals surface area contributed by atoms with Gasteiger partial charge in [0.05, 0.1) is 18.9 Å². The molecule has 1 heterocycles. The Morgan fingerprint density at radius 3 is 2.50 bits per heavy atom. The van der Waals surface area contributed by atoms with Crippen molar-refractivity contribution in [3.8, 4) is 0 Å². The zero-order valence-corrected chi connectivity index (χ0v) is 12.8. The minimum Gasteiger partial charge on any atom is -0.377 e. The second kappa shape index (κ2) is 6.87. The summed E-state index contributed by atoms with van der Waals surface area (Å²) in [5.41, 5.74) is 0. The van der Waals surface area contributed by atoms with Crippen molar-refractivity contribution in [2.75, 3.05) is 26.0 Å². The monoisotopic (exact) mass is 304 g/mol. The van der Waals surface area contributed by atoms with Crippen LogP contribution >= 0.6 is 0 Å². The molecule has 1 saturated heterocycles. The quantitative estimate of drug-likeness (QED) is 0.775. The van der Waals surface area contributed by atoms with E-state index in [4.69, 9.17) is 4.74 Å². The third-order valence-corrected chi connectivity index (χ3v) is 5.16. The molecule has 0 aromatic heterocycles. The Bertz CT molecular complexity index is 426. The van der Waals surface area contributed by atoms with Gasteiger partial charge in [-0.15, -0.1) is 0 Å². The number of nitrogens with one attached hydrogen (secondary N) is 1. The topological polar surface area (TPSA) is 75.7 Å². The largest absolute Gasteiger partial charge is 0.377 e. The summed E-state index contributed by atoms with van der Waals surface area (Å²) >= 11 is 0. The number of hydrogen-bond donors (Lipinski definition) is 1. The fourth-order valence-electron chi connectivity index (χ4n) is 2.84. The number of sulfonamides is 1. The van der Waals surface area contributed by atoms with Gasteiger partial charge in [0.15, 0.2) is 0 Å². The molecule has 1 saturated carbocycles. The normalized spacial score (nSPS) is 24.4. The van der Waals surface area contributed by atoms with Crippen molar-refractivity contribution in [1.82, 2.24) is 9.62 Å². The SMILES string of the molecule is CS(=O)(=O)N(CC(=O)NC1CCCC1)CC1CCCO1. The highest BCUT2D eigenvalue weighted by Gasteiger charge is 2.27. The van der Waals surface area contributed by atoms with Crippen LogP contribution in [-0.2, 0) is 19.6 Å². The first kappa shape index (κ1) is 15.7. The first-order valence-electron chi connectivity index (χ1n) is 7.31. The summed E-state index contributed by atoms with van der Waals surface area (Å²) in [5, 5.41) is 2.92. The van der Waals surface area contributed by atoms with Crippen molar-refractivity contribution in [3.63, 3.8) is 0 Å². The van der Waals surface area contributed by atoms with Crippen molar-refractivity contribution in [3.05, 3.63) is 0 Å². The predicted molar refractivity (Wildman–Crippen MR) is 75.8 cm³/mol.